The molecule has 6 nitrogen and oxygen atoms in total. The second-order valence-corrected chi connectivity index (χ2v) is 7.87. The molecule has 0 aliphatic carbocycles. The van der Waals surface area contributed by atoms with Crippen molar-refractivity contribution in [3.05, 3.63) is 47.3 Å². The molecule has 6 heteroatoms. The van der Waals surface area contributed by atoms with Crippen LogP contribution in [0.25, 0.3) is 5.69 Å². The Kier molecular flexibility index (Phi) is 6.17. The van der Waals surface area contributed by atoms with Gasteiger partial charge in [0.15, 0.2) is 0 Å². The number of hydrogen-bond donors (Lipinski definition) is 1. The van der Waals surface area contributed by atoms with Crippen molar-refractivity contribution in [2.75, 3.05) is 13.1 Å². The number of aryl methyl sites for hydroxylation is 1. The number of aromatic nitrogens is 2. The Morgan fingerprint density at radius 2 is 1.79 bits per heavy atom. The number of benzene rings is 1. The predicted molar refractivity (Wildman–Crippen MR) is 109 cm³/mol. The Bertz CT molecular complexity index is 834. The van der Waals surface area contributed by atoms with Gasteiger partial charge in [-0.1, -0.05) is 32.0 Å². The van der Waals surface area contributed by atoms with Crippen molar-refractivity contribution >= 4 is 11.8 Å². The zero-order chi connectivity index (χ0) is 20.3. The molecule has 150 valence electrons. The molecular formula is C22H30N4O2. The summed E-state index contributed by atoms with van der Waals surface area (Å²) < 4.78 is 1.92. The van der Waals surface area contributed by atoms with Gasteiger partial charge in [0.1, 0.15) is 0 Å². The number of amides is 2. The first-order chi connectivity index (χ1) is 13.4. The van der Waals surface area contributed by atoms with Gasteiger partial charge in [-0.2, -0.15) is 5.10 Å². The van der Waals surface area contributed by atoms with Crippen LogP contribution >= 0.6 is 0 Å². The number of likely N-dealkylation sites (tertiary alicyclic amines) is 1. The molecule has 0 bridgehead atoms. The number of nitrogens with one attached hydrogen (secondary N) is 1. The molecule has 2 aromatic rings. The molecule has 1 aliphatic rings. The zero-order valence-corrected chi connectivity index (χ0v) is 17.2. The van der Waals surface area contributed by atoms with Crippen molar-refractivity contribution in [3.8, 4) is 5.69 Å². The quantitative estimate of drug-likeness (QED) is 0.864. The summed E-state index contributed by atoms with van der Waals surface area (Å²) in [5.74, 6) is 0.236. The maximum atomic E-state index is 12.6. The summed E-state index contributed by atoms with van der Waals surface area (Å²) in [6.45, 7) is 9.66. The minimum Gasteiger partial charge on any atom is -0.352 e. The molecule has 1 saturated heterocycles. The number of rotatable bonds is 5. The van der Waals surface area contributed by atoms with E-state index < -0.39 is 0 Å². The number of carbonyl (C=O) groups is 2. The highest BCUT2D eigenvalue weighted by molar-refractivity contribution is 5.80. The van der Waals surface area contributed by atoms with Gasteiger partial charge >= 0.3 is 0 Å². The number of para-hydroxylation sites is 1. The van der Waals surface area contributed by atoms with Gasteiger partial charge in [-0.15, -0.1) is 0 Å². The molecule has 0 saturated carbocycles. The van der Waals surface area contributed by atoms with Crippen LogP contribution in [0.4, 0.5) is 0 Å². The van der Waals surface area contributed by atoms with Crippen LogP contribution in [-0.2, 0) is 16.1 Å². The summed E-state index contributed by atoms with van der Waals surface area (Å²) in [5, 5.41) is 7.72. The molecular weight excluding hydrogens is 352 g/mol. The number of piperidine rings is 1. The van der Waals surface area contributed by atoms with Crippen LogP contribution in [-0.4, -0.2) is 39.6 Å². The fraction of sp³-hybridized carbons (Fsp3) is 0.500. The lowest BCUT2D eigenvalue weighted by Crippen LogP contribution is -2.44. The Morgan fingerprint density at radius 3 is 2.39 bits per heavy atom. The smallest absolute Gasteiger partial charge is 0.225 e. The summed E-state index contributed by atoms with van der Waals surface area (Å²) in [5.41, 5.74) is 4.05. The van der Waals surface area contributed by atoms with Crippen LogP contribution in [0.5, 0.6) is 0 Å². The predicted octanol–water partition coefficient (Wildman–Crippen LogP) is 3.00. The van der Waals surface area contributed by atoms with Crippen LogP contribution in [0.2, 0.25) is 0 Å². The Balaban J connectivity index is 1.59. The Morgan fingerprint density at radius 1 is 1.14 bits per heavy atom. The van der Waals surface area contributed by atoms with Crippen molar-refractivity contribution in [1.29, 1.82) is 0 Å². The second kappa shape index (κ2) is 8.59. The molecule has 2 heterocycles. The van der Waals surface area contributed by atoms with Gasteiger partial charge < -0.3 is 10.2 Å². The van der Waals surface area contributed by atoms with Crippen molar-refractivity contribution in [2.45, 2.75) is 47.1 Å². The van der Waals surface area contributed by atoms with Crippen LogP contribution < -0.4 is 5.32 Å². The molecule has 3 rings (SSSR count). The maximum absolute atomic E-state index is 12.6. The van der Waals surface area contributed by atoms with E-state index in [9.17, 15) is 9.59 Å². The molecule has 0 atom stereocenters. The van der Waals surface area contributed by atoms with E-state index in [0.717, 1.165) is 35.5 Å². The van der Waals surface area contributed by atoms with Gasteiger partial charge in [0.05, 0.1) is 11.4 Å². The topological polar surface area (TPSA) is 67.2 Å². The third-order valence-electron chi connectivity index (χ3n) is 5.55. The van der Waals surface area contributed by atoms with Crippen molar-refractivity contribution in [1.82, 2.24) is 20.0 Å². The third-order valence-corrected chi connectivity index (χ3v) is 5.55. The average molecular weight is 383 g/mol. The first kappa shape index (κ1) is 20.1. The second-order valence-electron chi connectivity index (χ2n) is 7.87. The molecule has 0 unspecified atom stereocenters. The lowest BCUT2D eigenvalue weighted by atomic mass is 9.95. The van der Waals surface area contributed by atoms with E-state index in [1.807, 2.05) is 67.6 Å². The van der Waals surface area contributed by atoms with E-state index in [-0.39, 0.29) is 23.7 Å². The SMILES string of the molecule is Cc1nn(-c2ccccc2)c(C)c1CNC(=O)C1CCN(C(=O)C(C)C)CC1. The molecule has 1 aliphatic heterocycles. The minimum atomic E-state index is -0.0269. The van der Waals surface area contributed by atoms with Crippen LogP contribution in [0, 0.1) is 25.7 Å². The lowest BCUT2D eigenvalue weighted by Gasteiger charge is -2.32. The van der Waals surface area contributed by atoms with Crippen LogP contribution in [0.15, 0.2) is 30.3 Å². The van der Waals surface area contributed by atoms with E-state index in [0.29, 0.717) is 19.6 Å². The lowest BCUT2D eigenvalue weighted by molar-refractivity contribution is -0.138. The van der Waals surface area contributed by atoms with Crippen molar-refractivity contribution in [3.63, 3.8) is 0 Å². The van der Waals surface area contributed by atoms with Crippen LogP contribution in [0.3, 0.4) is 0 Å². The molecule has 28 heavy (non-hydrogen) atoms. The van der Waals surface area contributed by atoms with Crippen molar-refractivity contribution in [2.24, 2.45) is 11.8 Å². The first-order valence-electron chi connectivity index (χ1n) is 10.1. The average Bonchev–Trinajstić information content (AvgIpc) is 3.00. The van der Waals surface area contributed by atoms with E-state index in [1.165, 1.54) is 0 Å². The van der Waals surface area contributed by atoms with Gasteiger partial charge in [-0.05, 0) is 38.8 Å². The van der Waals surface area contributed by atoms with Gasteiger partial charge in [-0.3, -0.25) is 9.59 Å². The van der Waals surface area contributed by atoms with E-state index in [4.69, 9.17) is 0 Å². The summed E-state index contributed by atoms with van der Waals surface area (Å²) in [6.07, 6.45) is 1.46. The first-order valence-corrected chi connectivity index (χ1v) is 10.1. The van der Waals surface area contributed by atoms with Crippen LogP contribution in [0.1, 0.15) is 43.6 Å². The van der Waals surface area contributed by atoms with Gasteiger partial charge in [-0.25, -0.2) is 4.68 Å². The minimum absolute atomic E-state index is 0.0116. The fourth-order valence-electron chi connectivity index (χ4n) is 3.80. The third kappa shape index (κ3) is 4.26. The Hall–Kier alpha value is -2.63. The van der Waals surface area contributed by atoms with Gasteiger partial charge in [0.25, 0.3) is 0 Å². The fourth-order valence-corrected chi connectivity index (χ4v) is 3.80. The highest BCUT2D eigenvalue weighted by atomic mass is 16.2. The summed E-state index contributed by atoms with van der Waals surface area (Å²) in [4.78, 5) is 26.6. The highest BCUT2D eigenvalue weighted by Gasteiger charge is 2.28. The monoisotopic (exact) mass is 382 g/mol. The summed E-state index contributed by atoms with van der Waals surface area (Å²) >= 11 is 0. The number of hydrogen-bond acceptors (Lipinski definition) is 3. The summed E-state index contributed by atoms with van der Waals surface area (Å²) in [7, 11) is 0. The van der Waals surface area contributed by atoms with E-state index >= 15 is 0 Å². The maximum Gasteiger partial charge on any atom is 0.225 e. The number of carbonyl (C=O) groups excluding carboxylic acids is 2. The van der Waals surface area contributed by atoms with E-state index in [2.05, 4.69) is 10.4 Å². The molecule has 1 N–H and O–H groups in total. The molecule has 0 radical (unpaired) electrons. The standard InChI is InChI=1S/C22H30N4O2/c1-15(2)22(28)25-12-10-18(11-13-25)21(27)23-14-20-16(3)24-26(17(20)4)19-8-6-5-7-9-19/h5-9,15,18H,10-14H2,1-4H3,(H,23,27). The number of nitrogens with zero attached hydrogens (tertiary/aromatic N) is 3. The molecule has 1 aromatic heterocycles. The van der Waals surface area contributed by atoms with Crippen molar-refractivity contribution < 1.29 is 9.59 Å². The molecule has 2 amide bonds. The molecule has 1 fully saturated rings. The zero-order valence-electron chi connectivity index (χ0n) is 17.2. The normalized spacial score (nSPS) is 15.1. The largest absolute Gasteiger partial charge is 0.352 e. The van der Waals surface area contributed by atoms with Gasteiger partial charge in [0.2, 0.25) is 11.8 Å². The summed E-state index contributed by atoms with van der Waals surface area (Å²) in [6, 6.07) is 10.0. The Labute approximate surface area is 166 Å². The van der Waals surface area contributed by atoms with Gasteiger partial charge in [0, 0.05) is 42.7 Å². The van der Waals surface area contributed by atoms with E-state index in [1.54, 1.807) is 0 Å². The molecule has 0 spiro atoms. The molecule has 1 aromatic carbocycles. The highest BCUT2D eigenvalue weighted by Crippen LogP contribution is 2.21.